The molecule has 0 amide bonds. The van der Waals surface area contributed by atoms with Crippen LogP contribution in [0.15, 0.2) is 12.1 Å². The van der Waals surface area contributed by atoms with E-state index in [1.54, 1.807) is 6.07 Å². The molecule has 18 heavy (non-hydrogen) atoms. The van der Waals surface area contributed by atoms with Crippen LogP contribution in [0.1, 0.15) is 19.8 Å². The number of hydrogen-bond donors (Lipinski definition) is 1. The Balaban J connectivity index is 3.08. The van der Waals surface area contributed by atoms with Crippen LogP contribution in [-0.2, 0) is 0 Å². The van der Waals surface area contributed by atoms with Gasteiger partial charge in [-0.3, -0.25) is 10.1 Å². The van der Waals surface area contributed by atoms with E-state index in [4.69, 9.17) is 9.47 Å². The van der Waals surface area contributed by atoms with Gasteiger partial charge in [0.2, 0.25) is 0 Å². The van der Waals surface area contributed by atoms with Gasteiger partial charge in [0.05, 0.1) is 25.2 Å². The Labute approximate surface area is 106 Å². The molecule has 0 aliphatic heterocycles. The molecular formula is C12H18N2O4. The topological polar surface area (TPSA) is 73.6 Å². The van der Waals surface area contributed by atoms with Crippen molar-refractivity contribution in [2.24, 2.45) is 0 Å². The SMILES string of the molecule is CCCCNc1cc(OC)c(OC)cc1[N+](=O)[O-]. The largest absolute Gasteiger partial charge is 0.493 e. The van der Waals surface area contributed by atoms with Crippen molar-refractivity contribution >= 4 is 11.4 Å². The Bertz CT molecular complexity index is 421. The molecule has 0 fully saturated rings. The number of unbranched alkanes of at least 4 members (excludes halogenated alkanes) is 1. The number of methoxy groups -OCH3 is 2. The fraction of sp³-hybridized carbons (Fsp3) is 0.500. The predicted octanol–water partition coefficient (Wildman–Crippen LogP) is 2.82. The van der Waals surface area contributed by atoms with E-state index in [1.807, 2.05) is 0 Å². The number of nitrogens with one attached hydrogen (secondary N) is 1. The summed E-state index contributed by atoms with van der Waals surface area (Å²) in [6, 6.07) is 2.96. The Hall–Kier alpha value is -1.98. The van der Waals surface area contributed by atoms with Gasteiger partial charge >= 0.3 is 0 Å². The summed E-state index contributed by atoms with van der Waals surface area (Å²) in [5.74, 6) is 0.826. The molecule has 0 radical (unpaired) electrons. The highest BCUT2D eigenvalue weighted by atomic mass is 16.6. The lowest BCUT2D eigenvalue weighted by Gasteiger charge is -2.11. The third kappa shape index (κ3) is 3.26. The first kappa shape index (κ1) is 14.1. The molecule has 0 saturated heterocycles. The summed E-state index contributed by atoms with van der Waals surface area (Å²) in [7, 11) is 2.95. The maximum atomic E-state index is 11.0. The third-order valence-electron chi connectivity index (χ3n) is 2.54. The van der Waals surface area contributed by atoms with Crippen LogP contribution in [0.4, 0.5) is 11.4 Å². The first-order valence-corrected chi connectivity index (χ1v) is 5.78. The van der Waals surface area contributed by atoms with E-state index in [0.717, 1.165) is 12.8 Å². The zero-order valence-corrected chi connectivity index (χ0v) is 10.9. The number of nitro benzene ring substituents is 1. The van der Waals surface area contributed by atoms with Gasteiger partial charge in [-0.15, -0.1) is 0 Å². The van der Waals surface area contributed by atoms with Crippen molar-refractivity contribution in [3.05, 3.63) is 22.2 Å². The van der Waals surface area contributed by atoms with Crippen molar-refractivity contribution in [3.63, 3.8) is 0 Å². The number of benzene rings is 1. The zero-order valence-electron chi connectivity index (χ0n) is 10.9. The predicted molar refractivity (Wildman–Crippen MR) is 69.6 cm³/mol. The summed E-state index contributed by atoms with van der Waals surface area (Å²) in [6.45, 7) is 2.75. The summed E-state index contributed by atoms with van der Waals surface area (Å²) < 4.78 is 10.2. The molecule has 0 spiro atoms. The second kappa shape index (κ2) is 6.68. The van der Waals surface area contributed by atoms with Crippen LogP contribution in [0, 0.1) is 10.1 Å². The van der Waals surface area contributed by atoms with Crippen LogP contribution in [-0.4, -0.2) is 25.7 Å². The molecule has 0 bridgehead atoms. The van der Waals surface area contributed by atoms with Gasteiger partial charge in [0, 0.05) is 12.6 Å². The van der Waals surface area contributed by atoms with Crippen LogP contribution >= 0.6 is 0 Å². The van der Waals surface area contributed by atoms with Crippen molar-refractivity contribution in [2.75, 3.05) is 26.1 Å². The number of nitrogens with zero attached hydrogens (tertiary/aromatic N) is 1. The number of hydrogen-bond acceptors (Lipinski definition) is 5. The lowest BCUT2D eigenvalue weighted by atomic mass is 10.2. The monoisotopic (exact) mass is 254 g/mol. The molecule has 0 aromatic heterocycles. The lowest BCUT2D eigenvalue weighted by Crippen LogP contribution is -2.05. The molecule has 6 heteroatoms. The van der Waals surface area contributed by atoms with Gasteiger partial charge in [0.15, 0.2) is 11.5 Å². The Morgan fingerprint density at radius 1 is 1.28 bits per heavy atom. The van der Waals surface area contributed by atoms with Crippen molar-refractivity contribution in [1.29, 1.82) is 0 Å². The highest BCUT2D eigenvalue weighted by molar-refractivity contribution is 5.68. The minimum absolute atomic E-state index is 0.0104. The van der Waals surface area contributed by atoms with Gasteiger partial charge in [0.25, 0.3) is 5.69 Å². The average molecular weight is 254 g/mol. The fourth-order valence-electron chi connectivity index (χ4n) is 1.56. The van der Waals surface area contributed by atoms with Crippen molar-refractivity contribution in [2.45, 2.75) is 19.8 Å². The van der Waals surface area contributed by atoms with Gasteiger partial charge in [-0.05, 0) is 6.42 Å². The van der Waals surface area contributed by atoms with E-state index >= 15 is 0 Å². The van der Waals surface area contributed by atoms with Gasteiger partial charge in [0.1, 0.15) is 5.69 Å². The summed E-state index contributed by atoms with van der Waals surface area (Å²) in [6.07, 6.45) is 1.97. The molecule has 0 aliphatic carbocycles. The molecule has 0 aliphatic rings. The van der Waals surface area contributed by atoms with Crippen LogP contribution in [0.25, 0.3) is 0 Å². The first-order valence-electron chi connectivity index (χ1n) is 5.78. The minimum Gasteiger partial charge on any atom is -0.493 e. The second-order valence-corrected chi connectivity index (χ2v) is 3.76. The quantitative estimate of drug-likeness (QED) is 0.460. The Morgan fingerprint density at radius 3 is 2.39 bits per heavy atom. The van der Waals surface area contributed by atoms with E-state index in [2.05, 4.69) is 12.2 Å². The molecule has 1 rings (SSSR count). The van der Waals surface area contributed by atoms with Gasteiger partial charge in [-0.2, -0.15) is 0 Å². The fourth-order valence-corrected chi connectivity index (χ4v) is 1.56. The normalized spacial score (nSPS) is 9.94. The van der Waals surface area contributed by atoms with Crippen molar-refractivity contribution in [1.82, 2.24) is 0 Å². The summed E-state index contributed by atoms with van der Waals surface area (Å²) in [5, 5.41) is 14.0. The number of anilines is 1. The zero-order chi connectivity index (χ0) is 13.5. The number of rotatable bonds is 7. The van der Waals surface area contributed by atoms with E-state index in [1.165, 1.54) is 20.3 Å². The van der Waals surface area contributed by atoms with Crippen LogP contribution in [0.2, 0.25) is 0 Å². The summed E-state index contributed by atoms with van der Waals surface area (Å²) >= 11 is 0. The number of nitro groups is 1. The molecule has 1 aromatic rings. The van der Waals surface area contributed by atoms with E-state index in [0.29, 0.717) is 23.7 Å². The summed E-state index contributed by atoms with van der Waals surface area (Å²) in [5.41, 5.74) is 0.440. The molecule has 1 aromatic carbocycles. The number of ether oxygens (including phenoxy) is 2. The van der Waals surface area contributed by atoms with Crippen LogP contribution < -0.4 is 14.8 Å². The van der Waals surface area contributed by atoms with Gasteiger partial charge in [-0.25, -0.2) is 0 Å². The van der Waals surface area contributed by atoms with Gasteiger partial charge in [-0.1, -0.05) is 13.3 Å². The molecule has 0 heterocycles. The van der Waals surface area contributed by atoms with Crippen molar-refractivity contribution < 1.29 is 14.4 Å². The van der Waals surface area contributed by atoms with E-state index < -0.39 is 4.92 Å². The second-order valence-electron chi connectivity index (χ2n) is 3.76. The Morgan fingerprint density at radius 2 is 1.89 bits per heavy atom. The van der Waals surface area contributed by atoms with Crippen LogP contribution in [0.5, 0.6) is 11.5 Å². The molecule has 100 valence electrons. The third-order valence-corrected chi connectivity index (χ3v) is 2.54. The molecule has 0 saturated carbocycles. The highest BCUT2D eigenvalue weighted by Gasteiger charge is 2.18. The van der Waals surface area contributed by atoms with Crippen LogP contribution in [0.3, 0.4) is 0 Å². The Kier molecular flexibility index (Phi) is 5.23. The van der Waals surface area contributed by atoms with Gasteiger partial charge < -0.3 is 14.8 Å². The lowest BCUT2D eigenvalue weighted by molar-refractivity contribution is -0.384. The highest BCUT2D eigenvalue weighted by Crippen LogP contribution is 2.37. The molecule has 1 N–H and O–H groups in total. The molecule has 6 nitrogen and oxygen atoms in total. The maximum Gasteiger partial charge on any atom is 0.296 e. The summed E-state index contributed by atoms with van der Waals surface area (Å²) in [4.78, 5) is 10.6. The van der Waals surface area contributed by atoms with E-state index in [9.17, 15) is 10.1 Å². The standard InChI is InChI=1S/C12H18N2O4/c1-4-5-6-13-9-7-11(17-2)12(18-3)8-10(9)14(15)16/h7-8,13H,4-6H2,1-3H3. The average Bonchev–Trinajstić information content (AvgIpc) is 2.38. The molecule has 0 atom stereocenters. The van der Waals surface area contributed by atoms with Crippen molar-refractivity contribution in [3.8, 4) is 11.5 Å². The first-order chi connectivity index (χ1) is 8.63. The van der Waals surface area contributed by atoms with E-state index in [-0.39, 0.29) is 5.69 Å². The maximum absolute atomic E-state index is 11.0. The molecule has 0 unspecified atom stereocenters. The molecular weight excluding hydrogens is 236 g/mol. The smallest absolute Gasteiger partial charge is 0.296 e. The minimum atomic E-state index is -0.434.